The number of carbonyl (C=O) groups excluding carboxylic acids is 1. The lowest BCUT2D eigenvalue weighted by Gasteiger charge is -2.17. The second-order valence-electron chi connectivity index (χ2n) is 6.25. The maximum atomic E-state index is 13.6. The van der Waals surface area contributed by atoms with Crippen molar-refractivity contribution in [2.24, 2.45) is 0 Å². The van der Waals surface area contributed by atoms with Crippen LogP contribution in [0.5, 0.6) is 0 Å². The van der Waals surface area contributed by atoms with Gasteiger partial charge in [-0.2, -0.15) is 13.2 Å². The van der Waals surface area contributed by atoms with Crippen molar-refractivity contribution in [3.8, 4) is 0 Å². The van der Waals surface area contributed by atoms with Gasteiger partial charge in [0.15, 0.2) is 7.14 Å². The number of carbonyl (C=O) groups is 1. The molecule has 0 N–H and O–H groups in total. The predicted molar refractivity (Wildman–Crippen MR) is 98.5 cm³/mol. The summed E-state index contributed by atoms with van der Waals surface area (Å²) in [5.41, 5.74) is 0.0105. The van der Waals surface area contributed by atoms with Crippen LogP contribution < -0.4 is 5.30 Å². The van der Waals surface area contributed by atoms with Crippen LogP contribution in [0.25, 0.3) is 0 Å². The Balaban J connectivity index is 2.06. The van der Waals surface area contributed by atoms with Gasteiger partial charge in [-0.3, -0.25) is 4.79 Å². The van der Waals surface area contributed by atoms with E-state index in [-0.39, 0.29) is 18.1 Å². The number of alkyl halides is 3. The molecular weight excluding hydrogens is 360 g/mol. The van der Waals surface area contributed by atoms with Gasteiger partial charge in [-0.15, -0.1) is 0 Å². The minimum Gasteiger partial charge on any atom is -0.310 e. The molecule has 0 saturated heterocycles. The fourth-order valence-corrected chi connectivity index (χ4v) is 5.40. The van der Waals surface area contributed by atoms with Gasteiger partial charge < -0.3 is 4.57 Å². The normalized spacial score (nSPS) is 14.0. The number of unbranched alkanes of at least 4 members (excludes halogenated alkanes) is 3. The summed E-state index contributed by atoms with van der Waals surface area (Å²) in [5, 5.41) is 0.504. The largest absolute Gasteiger partial charge is 0.389 e. The molecule has 1 unspecified atom stereocenters. The Kier molecular flexibility index (Phi) is 7.22. The second-order valence-corrected chi connectivity index (χ2v) is 9.10. The van der Waals surface area contributed by atoms with Crippen molar-refractivity contribution in [1.29, 1.82) is 0 Å². The average molecular weight is 382 g/mol. The molecule has 140 valence electrons. The highest BCUT2D eigenvalue weighted by atomic mass is 31.2. The summed E-state index contributed by atoms with van der Waals surface area (Å²) in [4.78, 5) is 12.9. The minimum atomic E-state index is -4.14. The second kappa shape index (κ2) is 9.18. The van der Waals surface area contributed by atoms with Crippen molar-refractivity contribution in [3.05, 3.63) is 66.2 Å². The Morgan fingerprint density at radius 3 is 1.92 bits per heavy atom. The maximum Gasteiger partial charge on any atom is 0.389 e. The van der Waals surface area contributed by atoms with E-state index in [4.69, 9.17) is 0 Å². The van der Waals surface area contributed by atoms with Gasteiger partial charge in [-0.25, -0.2) is 0 Å². The summed E-state index contributed by atoms with van der Waals surface area (Å²) in [6, 6.07) is 17.1. The van der Waals surface area contributed by atoms with Gasteiger partial charge in [0.05, 0.1) is 0 Å². The molecule has 0 radical (unpaired) electrons. The van der Waals surface area contributed by atoms with Crippen molar-refractivity contribution in [2.45, 2.75) is 38.3 Å². The first-order chi connectivity index (χ1) is 12.3. The molecule has 0 aliphatic rings. The lowest BCUT2D eigenvalue weighted by molar-refractivity contribution is -0.135. The first-order valence-electron chi connectivity index (χ1n) is 8.64. The summed E-state index contributed by atoms with van der Waals surface area (Å²) in [6.07, 6.45) is -3.30. The quantitative estimate of drug-likeness (QED) is 0.392. The first kappa shape index (κ1) is 20.4. The number of rotatable bonds is 9. The molecule has 6 heteroatoms. The zero-order valence-electron chi connectivity index (χ0n) is 14.4. The van der Waals surface area contributed by atoms with Gasteiger partial charge in [-0.1, -0.05) is 73.5 Å². The van der Waals surface area contributed by atoms with Crippen LogP contribution in [0.1, 0.15) is 42.5 Å². The van der Waals surface area contributed by atoms with Crippen molar-refractivity contribution < 1.29 is 22.5 Å². The Bertz CT molecular complexity index is 743. The van der Waals surface area contributed by atoms with Crippen LogP contribution in [0.2, 0.25) is 0 Å². The molecule has 0 spiro atoms. The van der Waals surface area contributed by atoms with E-state index in [1.807, 2.05) is 0 Å². The number of hydrogen-bond donors (Lipinski definition) is 0. The Labute approximate surface area is 151 Å². The van der Waals surface area contributed by atoms with E-state index in [2.05, 4.69) is 0 Å². The first-order valence-corrected chi connectivity index (χ1v) is 10.5. The lowest BCUT2D eigenvalue weighted by Crippen LogP contribution is -2.16. The van der Waals surface area contributed by atoms with Crippen LogP contribution >= 0.6 is 7.14 Å². The van der Waals surface area contributed by atoms with E-state index in [1.165, 1.54) is 0 Å². The van der Waals surface area contributed by atoms with E-state index in [9.17, 15) is 22.5 Å². The van der Waals surface area contributed by atoms with E-state index >= 15 is 0 Å². The summed E-state index contributed by atoms with van der Waals surface area (Å²) >= 11 is 0. The highest BCUT2D eigenvalue weighted by Crippen LogP contribution is 2.48. The Hall–Kier alpha value is -1.87. The zero-order chi connectivity index (χ0) is 19.0. The third kappa shape index (κ3) is 5.84. The maximum absolute atomic E-state index is 13.6. The molecule has 2 nitrogen and oxygen atoms in total. The number of benzene rings is 2. The predicted octanol–water partition coefficient (Wildman–Crippen LogP) is 6.03. The van der Waals surface area contributed by atoms with E-state index in [0.717, 1.165) is 0 Å². The highest BCUT2D eigenvalue weighted by Gasteiger charge is 2.33. The topological polar surface area (TPSA) is 34.1 Å². The molecular formula is C20H22F3O2P. The lowest BCUT2D eigenvalue weighted by atomic mass is 10.1. The fourth-order valence-electron chi connectivity index (χ4n) is 2.82. The minimum absolute atomic E-state index is 0.0613. The number of hydrogen-bond acceptors (Lipinski definition) is 2. The Morgan fingerprint density at radius 1 is 0.808 bits per heavy atom. The highest BCUT2D eigenvalue weighted by molar-refractivity contribution is 7.87. The van der Waals surface area contributed by atoms with Crippen LogP contribution in [0.3, 0.4) is 0 Å². The van der Waals surface area contributed by atoms with Crippen molar-refractivity contribution >= 4 is 18.0 Å². The molecule has 0 aliphatic carbocycles. The van der Waals surface area contributed by atoms with Gasteiger partial charge >= 0.3 is 6.18 Å². The summed E-state index contributed by atoms with van der Waals surface area (Å²) in [7, 11) is -3.33. The number of halogens is 3. The smallest absolute Gasteiger partial charge is 0.310 e. The third-order valence-electron chi connectivity index (χ3n) is 4.21. The summed E-state index contributed by atoms with van der Waals surface area (Å²) in [5.74, 6) is 0. The Morgan fingerprint density at radius 2 is 1.35 bits per heavy atom. The van der Waals surface area contributed by atoms with E-state index in [0.29, 0.717) is 30.1 Å². The van der Waals surface area contributed by atoms with Crippen LogP contribution in [-0.4, -0.2) is 17.9 Å². The summed E-state index contributed by atoms with van der Waals surface area (Å²) in [6.45, 7) is 0. The van der Waals surface area contributed by atoms with Crippen LogP contribution in [0, 0.1) is 0 Å². The molecule has 1 atom stereocenters. The van der Waals surface area contributed by atoms with Crippen molar-refractivity contribution in [2.75, 3.05) is 6.16 Å². The van der Waals surface area contributed by atoms with Crippen LogP contribution in [-0.2, 0) is 4.57 Å². The molecule has 0 aromatic heterocycles. The van der Waals surface area contributed by atoms with Gasteiger partial charge in [-0.05, 0) is 12.8 Å². The molecule has 0 heterocycles. The van der Waals surface area contributed by atoms with E-state index < -0.39 is 19.7 Å². The summed E-state index contributed by atoms with van der Waals surface area (Å²) < 4.78 is 50.1. The molecule has 26 heavy (non-hydrogen) atoms. The molecule has 0 fully saturated rings. The molecule has 2 aromatic rings. The molecule has 2 rings (SSSR count). The molecule has 2 aromatic carbocycles. The fraction of sp³-hybridized carbons (Fsp3) is 0.350. The average Bonchev–Trinajstić information content (AvgIpc) is 2.64. The molecule has 0 aliphatic heterocycles. The third-order valence-corrected chi connectivity index (χ3v) is 7.20. The zero-order valence-corrected chi connectivity index (χ0v) is 15.3. The standard InChI is InChI=1S/C20H22F3O2P/c21-20(22,23)15-9-1-2-10-16-26(25,18-13-7-4-8-14-18)19(24)17-11-5-3-6-12-17/h3-8,11-14H,1-2,9-10,15-16H2. The monoisotopic (exact) mass is 382 g/mol. The molecule has 0 saturated carbocycles. The van der Waals surface area contributed by atoms with Gasteiger partial charge in [0.2, 0.25) is 5.52 Å². The van der Waals surface area contributed by atoms with Crippen LogP contribution in [0.4, 0.5) is 13.2 Å². The SMILES string of the molecule is O=C(c1ccccc1)P(=O)(CCCCCCC(F)(F)F)c1ccccc1. The molecule has 0 bridgehead atoms. The molecule has 0 amide bonds. The van der Waals surface area contributed by atoms with Crippen LogP contribution in [0.15, 0.2) is 60.7 Å². The van der Waals surface area contributed by atoms with Gasteiger partial charge in [0.25, 0.3) is 0 Å². The van der Waals surface area contributed by atoms with Gasteiger partial charge in [0, 0.05) is 23.5 Å². The van der Waals surface area contributed by atoms with Gasteiger partial charge in [0.1, 0.15) is 0 Å². The van der Waals surface area contributed by atoms with Crippen molar-refractivity contribution in [1.82, 2.24) is 0 Å². The van der Waals surface area contributed by atoms with E-state index in [1.54, 1.807) is 60.7 Å². The van der Waals surface area contributed by atoms with Crippen molar-refractivity contribution in [3.63, 3.8) is 0 Å².